The molecule has 1 nitrogen and oxygen atoms in total. The molecule has 1 radical (unpaired) electrons. The average molecular weight is 146 g/mol. The Balaban J connectivity index is 2.33. The summed E-state index contributed by atoms with van der Waals surface area (Å²) in [6.45, 7) is 0. The van der Waals surface area contributed by atoms with Gasteiger partial charge in [0.15, 0.2) is 0 Å². The Morgan fingerprint density at radius 1 is 1.18 bits per heavy atom. The number of fused-ring (bicyclic) bond motifs is 1. The van der Waals surface area contributed by atoms with Gasteiger partial charge in [-0.15, -0.1) is 0 Å². The van der Waals surface area contributed by atoms with Crippen LogP contribution in [0.15, 0.2) is 12.1 Å². The van der Waals surface area contributed by atoms with Crippen LogP contribution in [0.1, 0.15) is 30.5 Å². The molecule has 0 unspecified atom stereocenters. The topological polar surface area (TPSA) is 12.9 Å². The lowest BCUT2D eigenvalue weighted by atomic mass is 10.1. The molecule has 11 heavy (non-hydrogen) atoms. The number of aromatic nitrogens is 1. The molecule has 0 saturated carbocycles. The number of hydrogen-bond acceptors (Lipinski definition) is 1. The maximum absolute atomic E-state index is 4.25. The van der Waals surface area contributed by atoms with Crippen LogP contribution in [0.4, 0.5) is 0 Å². The van der Waals surface area contributed by atoms with E-state index in [9.17, 15) is 0 Å². The third-order valence-corrected chi connectivity index (χ3v) is 2.29. The molecule has 1 heteroatoms. The van der Waals surface area contributed by atoms with Crippen molar-refractivity contribution in [2.75, 3.05) is 0 Å². The number of rotatable bonds is 0. The van der Waals surface area contributed by atoms with Crippen LogP contribution < -0.4 is 0 Å². The van der Waals surface area contributed by atoms with Crippen molar-refractivity contribution in [1.29, 1.82) is 0 Å². The highest BCUT2D eigenvalue weighted by molar-refractivity contribution is 5.20. The Kier molecular flexibility index (Phi) is 1.89. The molecule has 0 spiro atoms. The van der Waals surface area contributed by atoms with Crippen molar-refractivity contribution >= 4 is 0 Å². The van der Waals surface area contributed by atoms with Crippen LogP contribution in [-0.2, 0) is 12.8 Å². The molecule has 1 aromatic heterocycles. The van der Waals surface area contributed by atoms with Crippen LogP contribution >= 0.6 is 0 Å². The molecular weight excluding hydrogens is 134 g/mol. The van der Waals surface area contributed by atoms with Gasteiger partial charge in [-0.25, -0.2) is 0 Å². The van der Waals surface area contributed by atoms with Gasteiger partial charge in [0.25, 0.3) is 0 Å². The van der Waals surface area contributed by atoms with Crippen molar-refractivity contribution in [3.05, 3.63) is 29.6 Å². The minimum Gasteiger partial charge on any atom is -0.251 e. The van der Waals surface area contributed by atoms with Crippen LogP contribution in [-0.4, -0.2) is 4.98 Å². The molecule has 2 rings (SSSR count). The van der Waals surface area contributed by atoms with Gasteiger partial charge in [0.2, 0.25) is 0 Å². The number of aryl methyl sites for hydroxylation is 2. The fraction of sp³-hybridized carbons (Fsp3) is 0.500. The minimum absolute atomic E-state index is 1.16. The minimum atomic E-state index is 1.16. The van der Waals surface area contributed by atoms with Crippen LogP contribution in [0.2, 0.25) is 0 Å². The zero-order valence-corrected chi connectivity index (χ0v) is 6.64. The second-order valence-electron chi connectivity index (χ2n) is 3.11. The first kappa shape index (κ1) is 6.84. The van der Waals surface area contributed by atoms with Gasteiger partial charge in [-0.1, -0.05) is 12.5 Å². The molecule has 1 heterocycles. The van der Waals surface area contributed by atoms with Crippen LogP contribution in [0.3, 0.4) is 0 Å². The maximum Gasteiger partial charge on any atom is 0.0889 e. The van der Waals surface area contributed by atoms with Crippen molar-refractivity contribution in [1.82, 2.24) is 4.98 Å². The lowest BCUT2D eigenvalue weighted by Gasteiger charge is -2.00. The standard InChI is InChI=1S/C10H12N/c1-2-5-9-6-4-8-11-10(9)7-3-1/h4,6H,1-3,5,7H2. The van der Waals surface area contributed by atoms with E-state index in [4.69, 9.17) is 0 Å². The quantitative estimate of drug-likeness (QED) is 0.511. The Labute approximate surface area is 67.5 Å². The average Bonchev–Trinajstić information content (AvgIpc) is 2.28. The molecule has 0 aliphatic heterocycles. The summed E-state index contributed by atoms with van der Waals surface area (Å²) in [7, 11) is 0. The largest absolute Gasteiger partial charge is 0.251 e. The Morgan fingerprint density at radius 2 is 2.09 bits per heavy atom. The van der Waals surface area contributed by atoms with Gasteiger partial charge in [-0.2, -0.15) is 0 Å². The van der Waals surface area contributed by atoms with E-state index in [1.807, 2.05) is 6.07 Å². The number of hydrogen-bond donors (Lipinski definition) is 0. The normalized spacial score (nSPS) is 17.1. The molecule has 0 bridgehead atoms. The number of nitrogens with zero attached hydrogens (tertiary/aromatic N) is 1. The zero-order chi connectivity index (χ0) is 7.52. The molecule has 1 aliphatic carbocycles. The van der Waals surface area contributed by atoms with Gasteiger partial charge in [-0.05, 0) is 37.3 Å². The van der Waals surface area contributed by atoms with Crippen molar-refractivity contribution in [3.8, 4) is 0 Å². The Morgan fingerprint density at radius 3 is 3.09 bits per heavy atom. The van der Waals surface area contributed by atoms with Gasteiger partial charge < -0.3 is 0 Å². The number of pyridine rings is 1. The third-order valence-electron chi connectivity index (χ3n) is 2.29. The first-order valence-electron chi connectivity index (χ1n) is 4.32. The fourth-order valence-corrected chi connectivity index (χ4v) is 1.65. The molecule has 1 aromatic rings. The summed E-state index contributed by atoms with van der Waals surface area (Å²) < 4.78 is 0. The van der Waals surface area contributed by atoms with Crippen molar-refractivity contribution in [2.45, 2.75) is 32.1 Å². The second-order valence-corrected chi connectivity index (χ2v) is 3.11. The molecule has 0 atom stereocenters. The maximum atomic E-state index is 4.25. The van der Waals surface area contributed by atoms with Gasteiger partial charge >= 0.3 is 0 Å². The summed E-state index contributed by atoms with van der Waals surface area (Å²) in [5.74, 6) is 0. The van der Waals surface area contributed by atoms with Crippen molar-refractivity contribution < 1.29 is 0 Å². The zero-order valence-electron chi connectivity index (χ0n) is 6.64. The molecular formula is C10H12N. The van der Waals surface area contributed by atoms with Gasteiger partial charge in [0.05, 0.1) is 6.20 Å². The summed E-state index contributed by atoms with van der Waals surface area (Å²) in [5.41, 5.74) is 2.73. The highest BCUT2D eigenvalue weighted by Gasteiger charge is 2.06. The third kappa shape index (κ3) is 1.42. The molecule has 0 fully saturated rings. The first-order valence-corrected chi connectivity index (χ1v) is 4.32. The van der Waals surface area contributed by atoms with Crippen LogP contribution in [0, 0.1) is 6.20 Å². The lowest BCUT2D eigenvalue weighted by molar-refractivity contribution is 0.708. The van der Waals surface area contributed by atoms with E-state index in [1.54, 1.807) is 0 Å². The molecule has 0 amide bonds. The van der Waals surface area contributed by atoms with E-state index in [-0.39, 0.29) is 0 Å². The summed E-state index contributed by atoms with van der Waals surface area (Å²) in [4.78, 5) is 4.25. The van der Waals surface area contributed by atoms with Crippen molar-refractivity contribution in [3.63, 3.8) is 0 Å². The van der Waals surface area contributed by atoms with Gasteiger partial charge in [0, 0.05) is 5.69 Å². The van der Waals surface area contributed by atoms with E-state index in [0.29, 0.717) is 0 Å². The smallest absolute Gasteiger partial charge is 0.0889 e. The van der Waals surface area contributed by atoms with E-state index < -0.39 is 0 Å². The van der Waals surface area contributed by atoms with Gasteiger partial charge in [0.1, 0.15) is 0 Å². The predicted molar refractivity (Wildman–Crippen MR) is 44.3 cm³/mol. The van der Waals surface area contributed by atoms with E-state index in [0.717, 1.165) is 6.42 Å². The van der Waals surface area contributed by atoms with Crippen LogP contribution in [0.5, 0.6) is 0 Å². The van der Waals surface area contributed by atoms with E-state index in [1.165, 1.54) is 36.9 Å². The molecule has 1 aliphatic rings. The molecule has 0 aromatic carbocycles. The highest BCUT2D eigenvalue weighted by Crippen LogP contribution is 2.17. The monoisotopic (exact) mass is 146 g/mol. The molecule has 0 N–H and O–H groups in total. The van der Waals surface area contributed by atoms with Gasteiger partial charge in [-0.3, -0.25) is 4.98 Å². The Bertz CT molecular complexity index is 217. The fourth-order valence-electron chi connectivity index (χ4n) is 1.65. The van der Waals surface area contributed by atoms with Crippen molar-refractivity contribution in [2.24, 2.45) is 0 Å². The predicted octanol–water partition coefficient (Wildman–Crippen LogP) is 2.15. The SMILES string of the molecule is [c]1ccc2c(n1)CCCCC2. The highest BCUT2D eigenvalue weighted by atomic mass is 14.7. The van der Waals surface area contributed by atoms with Crippen LogP contribution in [0.25, 0.3) is 0 Å². The lowest BCUT2D eigenvalue weighted by Crippen LogP contribution is -1.93. The van der Waals surface area contributed by atoms with E-state index >= 15 is 0 Å². The second kappa shape index (κ2) is 3.04. The Hall–Kier alpha value is -0.850. The molecule has 0 saturated heterocycles. The summed E-state index contributed by atoms with van der Waals surface area (Å²) in [5, 5.41) is 0. The molecule has 57 valence electrons. The summed E-state index contributed by atoms with van der Waals surface area (Å²) in [6.07, 6.45) is 9.27. The summed E-state index contributed by atoms with van der Waals surface area (Å²) >= 11 is 0. The van der Waals surface area contributed by atoms with E-state index in [2.05, 4.69) is 17.2 Å². The first-order chi connectivity index (χ1) is 5.47. The summed E-state index contributed by atoms with van der Waals surface area (Å²) in [6, 6.07) is 4.08.